The lowest BCUT2D eigenvalue weighted by Gasteiger charge is -2.14. The van der Waals surface area contributed by atoms with Crippen LogP contribution in [0.4, 0.5) is 5.13 Å². The van der Waals surface area contributed by atoms with Crippen molar-refractivity contribution in [3.63, 3.8) is 0 Å². The predicted molar refractivity (Wildman–Crippen MR) is 125 cm³/mol. The molecule has 4 aromatic rings. The summed E-state index contributed by atoms with van der Waals surface area (Å²) >= 11 is 2.85. The summed E-state index contributed by atoms with van der Waals surface area (Å²) in [6.07, 6.45) is 1.88. The first-order chi connectivity index (χ1) is 14.5. The van der Waals surface area contributed by atoms with Crippen LogP contribution >= 0.6 is 23.1 Å². The number of nitrogens with one attached hydrogen (secondary N) is 1. The zero-order chi connectivity index (χ0) is 21.1. The molecule has 2 aromatic heterocycles. The number of benzene rings is 2. The van der Waals surface area contributed by atoms with Crippen LogP contribution in [0, 0.1) is 20.8 Å². The SMILES string of the molecule is Cc1ccc(-c2cnc(SCC(=O)Nc3nc(C)cs3)n2-c2ccccc2C)cc1. The van der Waals surface area contributed by atoms with E-state index in [2.05, 4.69) is 70.1 Å². The molecule has 0 saturated carbocycles. The van der Waals surface area contributed by atoms with E-state index in [1.807, 2.05) is 30.6 Å². The summed E-state index contributed by atoms with van der Waals surface area (Å²) in [4.78, 5) is 21.4. The molecule has 0 bridgehead atoms. The summed E-state index contributed by atoms with van der Waals surface area (Å²) in [6.45, 7) is 6.07. The van der Waals surface area contributed by atoms with Crippen LogP contribution in [0.25, 0.3) is 16.9 Å². The summed E-state index contributed by atoms with van der Waals surface area (Å²) in [5, 5.41) is 6.19. The molecule has 0 fully saturated rings. The fraction of sp³-hybridized carbons (Fsp3) is 0.174. The Labute approximate surface area is 184 Å². The number of imidazole rings is 1. The second kappa shape index (κ2) is 8.85. The summed E-state index contributed by atoms with van der Waals surface area (Å²) in [5.41, 5.74) is 6.41. The van der Waals surface area contributed by atoms with Crippen molar-refractivity contribution in [2.24, 2.45) is 0 Å². The Morgan fingerprint density at radius 1 is 1.10 bits per heavy atom. The number of thiazole rings is 1. The van der Waals surface area contributed by atoms with Crippen LogP contribution in [0.3, 0.4) is 0 Å². The Morgan fingerprint density at radius 2 is 1.87 bits per heavy atom. The number of nitrogens with zero attached hydrogens (tertiary/aromatic N) is 3. The topological polar surface area (TPSA) is 59.8 Å². The molecular weight excluding hydrogens is 412 g/mol. The van der Waals surface area contributed by atoms with Crippen LogP contribution in [-0.2, 0) is 4.79 Å². The van der Waals surface area contributed by atoms with Gasteiger partial charge >= 0.3 is 0 Å². The number of carbonyl (C=O) groups is 1. The highest BCUT2D eigenvalue weighted by molar-refractivity contribution is 7.99. The average molecular weight is 435 g/mol. The molecule has 0 unspecified atom stereocenters. The third-order valence-electron chi connectivity index (χ3n) is 4.63. The zero-order valence-corrected chi connectivity index (χ0v) is 18.7. The summed E-state index contributed by atoms with van der Waals surface area (Å²) in [6, 6.07) is 16.6. The van der Waals surface area contributed by atoms with Gasteiger partial charge in [0.25, 0.3) is 0 Å². The number of hydrogen-bond donors (Lipinski definition) is 1. The molecule has 4 rings (SSSR count). The van der Waals surface area contributed by atoms with Gasteiger partial charge in [-0.05, 0) is 32.4 Å². The average Bonchev–Trinajstić information content (AvgIpc) is 3.33. The van der Waals surface area contributed by atoms with Crippen molar-refractivity contribution in [2.75, 3.05) is 11.1 Å². The van der Waals surface area contributed by atoms with Crippen molar-refractivity contribution in [1.82, 2.24) is 14.5 Å². The second-order valence-electron chi connectivity index (χ2n) is 7.04. The first kappa shape index (κ1) is 20.4. The number of para-hydroxylation sites is 1. The van der Waals surface area contributed by atoms with Crippen LogP contribution in [0.5, 0.6) is 0 Å². The van der Waals surface area contributed by atoms with Gasteiger partial charge in [0.15, 0.2) is 10.3 Å². The van der Waals surface area contributed by atoms with E-state index in [9.17, 15) is 4.79 Å². The standard InChI is InChI=1S/C23H22N4OS2/c1-15-8-10-18(11-9-15)20-12-24-23(27(20)19-7-5-4-6-16(19)2)30-14-21(28)26-22-25-17(3)13-29-22/h4-13H,14H2,1-3H3,(H,25,26,28). The molecule has 0 aliphatic carbocycles. The van der Waals surface area contributed by atoms with Gasteiger partial charge in [0, 0.05) is 10.9 Å². The van der Waals surface area contributed by atoms with E-state index < -0.39 is 0 Å². The Kier molecular flexibility index (Phi) is 6.01. The number of thioether (sulfide) groups is 1. The predicted octanol–water partition coefficient (Wildman–Crippen LogP) is 5.65. The van der Waals surface area contributed by atoms with Gasteiger partial charge in [-0.3, -0.25) is 9.36 Å². The van der Waals surface area contributed by atoms with Crippen LogP contribution in [-0.4, -0.2) is 26.2 Å². The van der Waals surface area contributed by atoms with Crippen molar-refractivity contribution in [1.29, 1.82) is 0 Å². The quantitative estimate of drug-likeness (QED) is 0.398. The van der Waals surface area contributed by atoms with Gasteiger partial charge < -0.3 is 5.32 Å². The molecule has 0 atom stereocenters. The maximum absolute atomic E-state index is 12.4. The third-order valence-corrected chi connectivity index (χ3v) is 6.46. The highest BCUT2D eigenvalue weighted by atomic mass is 32.2. The summed E-state index contributed by atoms with van der Waals surface area (Å²) in [7, 11) is 0. The number of aromatic nitrogens is 3. The second-order valence-corrected chi connectivity index (χ2v) is 8.85. The lowest BCUT2D eigenvalue weighted by atomic mass is 10.1. The van der Waals surface area contributed by atoms with Gasteiger partial charge in [-0.25, -0.2) is 9.97 Å². The van der Waals surface area contributed by atoms with E-state index in [1.165, 1.54) is 28.7 Å². The monoisotopic (exact) mass is 434 g/mol. The van der Waals surface area contributed by atoms with Gasteiger partial charge in [-0.1, -0.05) is 59.8 Å². The van der Waals surface area contributed by atoms with E-state index in [-0.39, 0.29) is 11.7 Å². The number of aryl methyl sites for hydroxylation is 3. The minimum absolute atomic E-state index is 0.0921. The van der Waals surface area contributed by atoms with E-state index >= 15 is 0 Å². The number of carbonyl (C=O) groups excluding carboxylic acids is 1. The molecule has 7 heteroatoms. The maximum Gasteiger partial charge on any atom is 0.236 e. The molecule has 0 saturated heterocycles. The lowest BCUT2D eigenvalue weighted by Crippen LogP contribution is -2.14. The van der Waals surface area contributed by atoms with Crippen LogP contribution in [0.15, 0.2) is 65.3 Å². The fourth-order valence-corrected chi connectivity index (χ4v) is 4.60. The van der Waals surface area contributed by atoms with Gasteiger partial charge in [0.2, 0.25) is 5.91 Å². The fourth-order valence-electron chi connectivity index (χ4n) is 3.11. The van der Waals surface area contributed by atoms with Gasteiger partial charge in [-0.2, -0.15) is 0 Å². The van der Waals surface area contributed by atoms with Crippen molar-refractivity contribution < 1.29 is 4.79 Å². The highest BCUT2D eigenvalue weighted by Gasteiger charge is 2.17. The smallest absolute Gasteiger partial charge is 0.236 e. The van der Waals surface area contributed by atoms with Crippen molar-refractivity contribution >= 4 is 34.1 Å². The number of amides is 1. The molecule has 1 amide bonds. The number of anilines is 1. The van der Waals surface area contributed by atoms with E-state index in [1.54, 1.807) is 0 Å². The van der Waals surface area contributed by atoms with E-state index in [4.69, 9.17) is 0 Å². The zero-order valence-electron chi connectivity index (χ0n) is 17.0. The minimum Gasteiger partial charge on any atom is -0.301 e. The van der Waals surface area contributed by atoms with Gasteiger partial charge in [0.05, 0.1) is 29.0 Å². The van der Waals surface area contributed by atoms with Crippen LogP contribution in [0.1, 0.15) is 16.8 Å². The minimum atomic E-state index is -0.0921. The molecule has 1 N–H and O–H groups in total. The molecule has 0 aliphatic heterocycles. The Bertz CT molecular complexity index is 1180. The van der Waals surface area contributed by atoms with Crippen molar-refractivity contribution in [3.05, 3.63) is 76.9 Å². The first-order valence-corrected chi connectivity index (χ1v) is 11.4. The Morgan fingerprint density at radius 3 is 2.57 bits per heavy atom. The lowest BCUT2D eigenvalue weighted by molar-refractivity contribution is -0.113. The first-order valence-electron chi connectivity index (χ1n) is 9.57. The van der Waals surface area contributed by atoms with E-state index in [0.717, 1.165) is 33.4 Å². The molecule has 0 aliphatic rings. The van der Waals surface area contributed by atoms with Crippen LogP contribution in [0.2, 0.25) is 0 Å². The molecule has 2 aromatic carbocycles. The molecule has 0 radical (unpaired) electrons. The Balaban J connectivity index is 1.63. The maximum atomic E-state index is 12.4. The number of rotatable bonds is 6. The highest BCUT2D eigenvalue weighted by Crippen LogP contribution is 2.31. The number of hydrogen-bond acceptors (Lipinski definition) is 5. The molecule has 2 heterocycles. The third kappa shape index (κ3) is 4.47. The van der Waals surface area contributed by atoms with Gasteiger partial charge in [-0.15, -0.1) is 11.3 Å². The summed E-state index contributed by atoms with van der Waals surface area (Å²) < 4.78 is 2.13. The van der Waals surface area contributed by atoms with E-state index in [0.29, 0.717) is 5.13 Å². The molecule has 30 heavy (non-hydrogen) atoms. The largest absolute Gasteiger partial charge is 0.301 e. The molecule has 152 valence electrons. The molecular formula is C23H22N4OS2. The normalized spacial score (nSPS) is 10.9. The Hall–Kier alpha value is -2.90. The summed E-state index contributed by atoms with van der Waals surface area (Å²) in [5.74, 6) is 0.167. The van der Waals surface area contributed by atoms with Crippen molar-refractivity contribution in [2.45, 2.75) is 25.9 Å². The van der Waals surface area contributed by atoms with Crippen molar-refractivity contribution in [3.8, 4) is 16.9 Å². The molecule has 5 nitrogen and oxygen atoms in total. The van der Waals surface area contributed by atoms with Crippen LogP contribution < -0.4 is 5.32 Å². The molecule has 0 spiro atoms. The van der Waals surface area contributed by atoms with Gasteiger partial charge in [0.1, 0.15) is 0 Å².